The van der Waals surface area contributed by atoms with Gasteiger partial charge in [0, 0.05) is 6.54 Å². The van der Waals surface area contributed by atoms with Gasteiger partial charge in [0.2, 0.25) is 5.76 Å². The normalized spacial score (nSPS) is 10.7. The first-order chi connectivity index (χ1) is 11.6. The summed E-state index contributed by atoms with van der Waals surface area (Å²) in [5.74, 6) is 1.88. The Hall–Kier alpha value is -2.47. The van der Waals surface area contributed by atoms with E-state index in [4.69, 9.17) is 13.9 Å². The van der Waals surface area contributed by atoms with Crippen molar-refractivity contribution in [3.05, 3.63) is 47.4 Å². The van der Waals surface area contributed by atoms with Crippen LogP contribution in [0.1, 0.15) is 28.8 Å². The van der Waals surface area contributed by atoms with Gasteiger partial charge in [-0.3, -0.25) is 4.90 Å². The lowest BCUT2D eigenvalue weighted by Crippen LogP contribution is -2.22. The summed E-state index contributed by atoms with van der Waals surface area (Å²) in [6.07, 6.45) is 0. The monoisotopic (exact) mass is 333 g/mol. The first-order valence-corrected chi connectivity index (χ1v) is 7.71. The Balaban J connectivity index is 2.06. The molecule has 6 nitrogen and oxygen atoms in total. The van der Waals surface area contributed by atoms with E-state index in [1.54, 1.807) is 26.4 Å². The quantitative estimate of drug-likeness (QED) is 0.692. The van der Waals surface area contributed by atoms with Crippen molar-refractivity contribution in [2.24, 2.45) is 0 Å². The SMILES string of the molecule is CCN(Cc1ccc(OC)c(OC)c1)Cc1ccc(C(=O)OC)o1. The number of benzene rings is 1. The summed E-state index contributed by atoms with van der Waals surface area (Å²) in [5, 5.41) is 0. The van der Waals surface area contributed by atoms with Gasteiger partial charge in [-0.25, -0.2) is 4.79 Å². The number of ether oxygens (including phenoxy) is 3. The average molecular weight is 333 g/mol. The van der Waals surface area contributed by atoms with E-state index in [1.807, 2.05) is 18.2 Å². The Morgan fingerprint density at radius 3 is 2.42 bits per heavy atom. The van der Waals surface area contributed by atoms with Crippen molar-refractivity contribution >= 4 is 5.97 Å². The van der Waals surface area contributed by atoms with Crippen LogP contribution in [0.25, 0.3) is 0 Å². The number of carbonyl (C=O) groups excluding carboxylic acids is 1. The van der Waals surface area contributed by atoms with E-state index < -0.39 is 5.97 Å². The Kier molecular flexibility index (Phi) is 6.26. The largest absolute Gasteiger partial charge is 0.493 e. The smallest absolute Gasteiger partial charge is 0.373 e. The lowest BCUT2D eigenvalue weighted by Gasteiger charge is -2.20. The molecule has 0 saturated heterocycles. The predicted octanol–water partition coefficient (Wildman–Crippen LogP) is 3.11. The molecule has 1 aromatic heterocycles. The summed E-state index contributed by atoms with van der Waals surface area (Å²) in [6.45, 7) is 4.24. The number of methoxy groups -OCH3 is 3. The van der Waals surface area contributed by atoms with E-state index >= 15 is 0 Å². The molecule has 0 unspecified atom stereocenters. The number of rotatable bonds is 8. The highest BCUT2D eigenvalue weighted by molar-refractivity contribution is 5.86. The first kappa shape index (κ1) is 17.9. The highest BCUT2D eigenvalue weighted by Gasteiger charge is 2.14. The van der Waals surface area contributed by atoms with Gasteiger partial charge in [0.15, 0.2) is 11.5 Å². The van der Waals surface area contributed by atoms with Crippen molar-refractivity contribution in [3.63, 3.8) is 0 Å². The maximum Gasteiger partial charge on any atom is 0.373 e. The summed E-state index contributed by atoms with van der Waals surface area (Å²) in [5.41, 5.74) is 1.11. The highest BCUT2D eigenvalue weighted by Crippen LogP contribution is 2.28. The lowest BCUT2D eigenvalue weighted by atomic mass is 10.2. The molecule has 0 fully saturated rings. The lowest BCUT2D eigenvalue weighted by molar-refractivity contribution is 0.0561. The second-order valence-corrected chi connectivity index (χ2v) is 5.25. The zero-order valence-corrected chi connectivity index (χ0v) is 14.5. The fraction of sp³-hybridized carbons (Fsp3) is 0.389. The zero-order valence-electron chi connectivity index (χ0n) is 14.5. The molecule has 1 heterocycles. The second-order valence-electron chi connectivity index (χ2n) is 5.25. The van der Waals surface area contributed by atoms with Crippen LogP contribution in [0, 0.1) is 0 Å². The van der Waals surface area contributed by atoms with Crippen molar-refractivity contribution in [3.8, 4) is 11.5 Å². The van der Waals surface area contributed by atoms with Gasteiger partial charge < -0.3 is 18.6 Å². The number of furan rings is 1. The molecular formula is C18H23NO5. The molecule has 0 atom stereocenters. The standard InChI is InChI=1S/C18H23NO5/c1-5-19(12-14-7-9-16(24-14)18(20)23-4)11-13-6-8-15(21-2)17(10-13)22-3/h6-10H,5,11-12H2,1-4H3. The molecule has 0 spiro atoms. The van der Waals surface area contributed by atoms with Gasteiger partial charge in [0.25, 0.3) is 0 Å². The first-order valence-electron chi connectivity index (χ1n) is 7.71. The van der Waals surface area contributed by atoms with E-state index in [1.165, 1.54) is 7.11 Å². The minimum atomic E-state index is -0.468. The fourth-order valence-electron chi connectivity index (χ4n) is 2.41. The number of esters is 1. The van der Waals surface area contributed by atoms with E-state index in [2.05, 4.69) is 16.6 Å². The molecule has 1 aromatic carbocycles. The molecule has 0 bridgehead atoms. The minimum Gasteiger partial charge on any atom is -0.493 e. The number of hydrogen-bond acceptors (Lipinski definition) is 6. The summed E-state index contributed by atoms with van der Waals surface area (Å²) in [4.78, 5) is 13.6. The topological polar surface area (TPSA) is 61.1 Å². The molecule has 0 N–H and O–H groups in total. The summed E-state index contributed by atoms with van der Waals surface area (Å²) in [7, 11) is 4.57. The molecule has 6 heteroatoms. The second kappa shape index (κ2) is 8.40. The third-order valence-corrected chi connectivity index (χ3v) is 3.73. The van der Waals surface area contributed by atoms with Crippen molar-refractivity contribution in [2.75, 3.05) is 27.9 Å². The van der Waals surface area contributed by atoms with Gasteiger partial charge in [0.05, 0.1) is 27.9 Å². The number of nitrogens with zero attached hydrogens (tertiary/aromatic N) is 1. The molecule has 0 aliphatic rings. The molecule has 0 aliphatic heterocycles. The minimum absolute atomic E-state index is 0.217. The summed E-state index contributed by atoms with van der Waals surface area (Å²) >= 11 is 0. The summed E-state index contributed by atoms with van der Waals surface area (Å²) < 4.78 is 20.8. The molecule has 0 amide bonds. The van der Waals surface area contributed by atoms with E-state index in [-0.39, 0.29) is 5.76 Å². The van der Waals surface area contributed by atoms with Crippen LogP contribution >= 0.6 is 0 Å². The van der Waals surface area contributed by atoms with Gasteiger partial charge in [-0.1, -0.05) is 13.0 Å². The number of hydrogen-bond donors (Lipinski definition) is 0. The van der Waals surface area contributed by atoms with Crippen molar-refractivity contribution in [2.45, 2.75) is 20.0 Å². The van der Waals surface area contributed by atoms with Gasteiger partial charge in [0.1, 0.15) is 5.76 Å². The van der Waals surface area contributed by atoms with Crippen LogP contribution in [0.15, 0.2) is 34.7 Å². The third-order valence-electron chi connectivity index (χ3n) is 3.73. The maximum absolute atomic E-state index is 11.4. The van der Waals surface area contributed by atoms with Crippen LogP contribution in [0.5, 0.6) is 11.5 Å². The van der Waals surface area contributed by atoms with Crippen LogP contribution in [-0.4, -0.2) is 38.7 Å². The van der Waals surface area contributed by atoms with Crippen LogP contribution < -0.4 is 9.47 Å². The average Bonchev–Trinajstić information content (AvgIpc) is 3.08. The molecule has 0 saturated carbocycles. The van der Waals surface area contributed by atoms with Crippen molar-refractivity contribution in [1.82, 2.24) is 4.90 Å². The van der Waals surface area contributed by atoms with Gasteiger partial charge in [-0.2, -0.15) is 0 Å². The number of carbonyl (C=O) groups is 1. The highest BCUT2D eigenvalue weighted by atomic mass is 16.5. The Morgan fingerprint density at radius 1 is 1.04 bits per heavy atom. The molecule has 24 heavy (non-hydrogen) atoms. The van der Waals surface area contributed by atoms with Gasteiger partial charge in [-0.15, -0.1) is 0 Å². The Bertz CT molecular complexity index is 680. The maximum atomic E-state index is 11.4. The molecule has 0 aliphatic carbocycles. The zero-order chi connectivity index (χ0) is 17.5. The van der Waals surface area contributed by atoms with Crippen LogP contribution in [0.3, 0.4) is 0 Å². The Labute approximate surface area is 141 Å². The van der Waals surface area contributed by atoms with Gasteiger partial charge >= 0.3 is 5.97 Å². The third kappa shape index (κ3) is 4.29. The van der Waals surface area contributed by atoms with Crippen LogP contribution in [0.4, 0.5) is 0 Å². The van der Waals surface area contributed by atoms with Crippen molar-refractivity contribution < 1.29 is 23.4 Å². The van der Waals surface area contributed by atoms with Gasteiger partial charge in [-0.05, 0) is 36.4 Å². The molecule has 130 valence electrons. The Morgan fingerprint density at radius 2 is 1.79 bits per heavy atom. The van der Waals surface area contributed by atoms with Crippen LogP contribution in [-0.2, 0) is 17.8 Å². The van der Waals surface area contributed by atoms with Crippen LogP contribution in [0.2, 0.25) is 0 Å². The predicted molar refractivity (Wildman–Crippen MR) is 89.4 cm³/mol. The molecule has 2 rings (SSSR count). The fourth-order valence-corrected chi connectivity index (χ4v) is 2.41. The van der Waals surface area contributed by atoms with E-state index in [0.29, 0.717) is 18.0 Å². The molecular weight excluding hydrogens is 310 g/mol. The summed E-state index contributed by atoms with van der Waals surface area (Å²) in [6, 6.07) is 9.29. The van der Waals surface area contributed by atoms with Crippen molar-refractivity contribution in [1.29, 1.82) is 0 Å². The molecule has 2 aromatic rings. The van der Waals surface area contributed by atoms with E-state index in [9.17, 15) is 4.79 Å². The molecule has 0 radical (unpaired) electrons. The van der Waals surface area contributed by atoms with E-state index in [0.717, 1.165) is 24.4 Å².